The van der Waals surface area contributed by atoms with E-state index in [0.717, 1.165) is 17.7 Å². The highest BCUT2D eigenvalue weighted by Gasteiger charge is 2.28. The number of benzene rings is 3. The summed E-state index contributed by atoms with van der Waals surface area (Å²) in [6, 6.07) is 18.2. The minimum Gasteiger partial charge on any atom is -0.289 e. The van der Waals surface area contributed by atoms with Crippen LogP contribution in [0.15, 0.2) is 88.8 Å². The lowest BCUT2D eigenvalue weighted by Crippen LogP contribution is -2.12. The topological polar surface area (TPSA) is 64.1 Å². The zero-order valence-corrected chi connectivity index (χ0v) is 16.3. The number of halogens is 1. The minimum absolute atomic E-state index is 0.0168. The Balaban J connectivity index is 2.00. The van der Waals surface area contributed by atoms with E-state index in [1.165, 1.54) is 18.3 Å². The summed E-state index contributed by atoms with van der Waals surface area (Å²) in [5.41, 5.74) is 1.78. The quantitative estimate of drug-likeness (QED) is 0.363. The number of aryl methyl sites for hydroxylation is 1. The number of hydrogen-bond acceptors (Lipinski definition) is 4. The molecule has 1 aromatic heterocycles. The Morgan fingerprint density at radius 3 is 2.24 bits per heavy atom. The van der Waals surface area contributed by atoms with Gasteiger partial charge in [-0.1, -0.05) is 48.0 Å². The Morgan fingerprint density at radius 1 is 0.897 bits per heavy atom. The molecule has 144 valence electrons. The van der Waals surface area contributed by atoms with Crippen LogP contribution in [-0.2, 0) is 9.84 Å². The largest absolute Gasteiger partial charge is 0.289 e. The van der Waals surface area contributed by atoms with Gasteiger partial charge in [0.25, 0.3) is 0 Å². The maximum absolute atomic E-state index is 13.5. The highest BCUT2D eigenvalue weighted by Crippen LogP contribution is 2.32. The van der Waals surface area contributed by atoms with Crippen molar-refractivity contribution in [1.82, 2.24) is 4.98 Å². The van der Waals surface area contributed by atoms with E-state index in [2.05, 4.69) is 4.98 Å². The van der Waals surface area contributed by atoms with Gasteiger partial charge in [0.1, 0.15) is 5.82 Å². The molecule has 3 aromatic carbocycles. The number of sulfone groups is 1. The molecule has 4 nitrogen and oxygen atoms in total. The van der Waals surface area contributed by atoms with Crippen molar-refractivity contribution < 1.29 is 17.6 Å². The highest BCUT2D eigenvalue weighted by atomic mass is 32.2. The van der Waals surface area contributed by atoms with Crippen molar-refractivity contribution in [3.05, 3.63) is 102 Å². The number of rotatable bonds is 4. The lowest BCUT2D eigenvalue weighted by atomic mass is 10.0. The summed E-state index contributed by atoms with van der Waals surface area (Å²) in [6.07, 6.45) is 1.29. The van der Waals surface area contributed by atoms with Gasteiger partial charge in [-0.25, -0.2) is 12.8 Å². The molecule has 0 fully saturated rings. The molecular formula is C23H16FNO3S. The Kier molecular flexibility index (Phi) is 4.72. The van der Waals surface area contributed by atoms with Gasteiger partial charge in [-0.2, -0.15) is 0 Å². The number of pyridine rings is 1. The SMILES string of the molecule is Cc1ccc(C(=O)c2cnc3ccccc3c2S(=O)(=O)c2ccc(F)cc2)cc1. The van der Waals surface area contributed by atoms with Crippen LogP contribution in [0.25, 0.3) is 10.9 Å². The maximum Gasteiger partial charge on any atom is 0.208 e. The molecule has 0 amide bonds. The van der Waals surface area contributed by atoms with E-state index in [-0.39, 0.29) is 15.4 Å². The van der Waals surface area contributed by atoms with Crippen LogP contribution in [0.2, 0.25) is 0 Å². The standard InChI is InChI=1S/C23H16FNO3S/c1-15-6-8-16(9-7-15)22(26)20-14-25-21-5-3-2-4-19(21)23(20)29(27,28)18-12-10-17(24)11-13-18/h2-14H,1H3. The third-order valence-corrected chi connectivity index (χ3v) is 6.55. The van der Waals surface area contributed by atoms with Crippen molar-refractivity contribution >= 4 is 26.5 Å². The van der Waals surface area contributed by atoms with Gasteiger partial charge in [0, 0.05) is 17.1 Å². The van der Waals surface area contributed by atoms with E-state index in [1.807, 2.05) is 6.92 Å². The molecule has 0 unspecified atom stereocenters. The second kappa shape index (κ2) is 7.22. The summed E-state index contributed by atoms with van der Waals surface area (Å²) in [7, 11) is -4.10. The van der Waals surface area contributed by atoms with Crippen molar-refractivity contribution in [2.45, 2.75) is 16.7 Å². The molecule has 0 spiro atoms. The fourth-order valence-electron chi connectivity index (χ4n) is 3.16. The van der Waals surface area contributed by atoms with Crippen LogP contribution >= 0.6 is 0 Å². The molecular weight excluding hydrogens is 389 g/mol. The number of nitrogens with zero attached hydrogens (tertiary/aromatic N) is 1. The van der Waals surface area contributed by atoms with E-state index in [0.29, 0.717) is 16.5 Å². The average Bonchev–Trinajstić information content (AvgIpc) is 2.73. The number of carbonyl (C=O) groups excluding carboxylic acids is 1. The van der Waals surface area contributed by atoms with Gasteiger partial charge in [0.05, 0.1) is 20.9 Å². The molecule has 29 heavy (non-hydrogen) atoms. The number of aromatic nitrogens is 1. The Hall–Kier alpha value is -3.38. The lowest BCUT2D eigenvalue weighted by Gasteiger charge is -2.13. The van der Waals surface area contributed by atoms with Crippen LogP contribution < -0.4 is 0 Å². The second-order valence-corrected chi connectivity index (χ2v) is 8.56. The number of carbonyl (C=O) groups is 1. The average molecular weight is 405 g/mol. The molecule has 0 radical (unpaired) electrons. The van der Waals surface area contributed by atoms with Crippen LogP contribution in [0.1, 0.15) is 21.5 Å². The van der Waals surface area contributed by atoms with Crippen molar-refractivity contribution in [1.29, 1.82) is 0 Å². The summed E-state index contributed by atoms with van der Waals surface area (Å²) in [4.78, 5) is 17.3. The van der Waals surface area contributed by atoms with E-state index in [1.54, 1.807) is 48.5 Å². The number of ketones is 1. The first-order valence-electron chi connectivity index (χ1n) is 8.88. The van der Waals surface area contributed by atoms with Crippen LogP contribution in [0.5, 0.6) is 0 Å². The minimum atomic E-state index is -4.10. The first-order valence-corrected chi connectivity index (χ1v) is 10.4. The third-order valence-electron chi connectivity index (χ3n) is 4.68. The molecule has 0 saturated carbocycles. The highest BCUT2D eigenvalue weighted by molar-refractivity contribution is 7.91. The Bertz CT molecular complexity index is 1330. The lowest BCUT2D eigenvalue weighted by molar-refractivity contribution is 0.103. The summed E-state index contributed by atoms with van der Waals surface area (Å²) >= 11 is 0. The maximum atomic E-state index is 13.5. The van der Waals surface area contributed by atoms with Crippen molar-refractivity contribution in [3.63, 3.8) is 0 Å². The van der Waals surface area contributed by atoms with Crippen molar-refractivity contribution in [3.8, 4) is 0 Å². The van der Waals surface area contributed by atoms with Crippen LogP contribution in [-0.4, -0.2) is 19.2 Å². The van der Waals surface area contributed by atoms with Crippen LogP contribution in [0.4, 0.5) is 4.39 Å². The monoisotopic (exact) mass is 405 g/mol. The molecule has 4 aromatic rings. The summed E-state index contributed by atoms with van der Waals surface area (Å²) in [5, 5.41) is 0.342. The van der Waals surface area contributed by atoms with Gasteiger partial charge in [-0.15, -0.1) is 0 Å². The fourth-order valence-corrected chi connectivity index (χ4v) is 4.79. The van der Waals surface area contributed by atoms with E-state index in [9.17, 15) is 17.6 Å². The Labute approximate surface area is 167 Å². The molecule has 0 bridgehead atoms. The summed E-state index contributed by atoms with van der Waals surface area (Å²) < 4.78 is 40.3. The number of para-hydroxylation sites is 1. The predicted octanol–water partition coefficient (Wildman–Crippen LogP) is 4.75. The summed E-state index contributed by atoms with van der Waals surface area (Å²) in [6.45, 7) is 1.90. The molecule has 0 atom stereocenters. The smallest absolute Gasteiger partial charge is 0.208 e. The molecule has 4 rings (SSSR count). The first kappa shape index (κ1) is 19.0. The normalized spacial score (nSPS) is 11.5. The molecule has 0 N–H and O–H groups in total. The van der Waals surface area contributed by atoms with E-state index < -0.39 is 21.4 Å². The van der Waals surface area contributed by atoms with Crippen LogP contribution in [0, 0.1) is 12.7 Å². The zero-order chi connectivity index (χ0) is 20.6. The number of fused-ring (bicyclic) bond motifs is 1. The van der Waals surface area contributed by atoms with Gasteiger partial charge in [-0.05, 0) is 37.3 Å². The molecule has 0 aliphatic rings. The van der Waals surface area contributed by atoms with Crippen molar-refractivity contribution in [2.24, 2.45) is 0 Å². The Morgan fingerprint density at radius 2 is 1.55 bits per heavy atom. The third kappa shape index (κ3) is 3.43. The van der Waals surface area contributed by atoms with Gasteiger partial charge in [0.2, 0.25) is 9.84 Å². The second-order valence-electron chi connectivity index (χ2n) is 6.67. The van der Waals surface area contributed by atoms with Gasteiger partial charge >= 0.3 is 0 Å². The molecule has 1 heterocycles. The first-order chi connectivity index (χ1) is 13.9. The van der Waals surface area contributed by atoms with Gasteiger partial charge in [-0.3, -0.25) is 9.78 Å². The predicted molar refractivity (Wildman–Crippen MR) is 108 cm³/mol. The van der Waals surface area contributed by atoms with E-state index >= 15 is 0 Å². The molecule has 0 saturated heterocycles. The molecule has 6 heteroatoms. The van der Waals surface area contributed by atoms with Gasteiger partial charge in [0.15, 0.2) is 5.78 Å². The molecule has 0 aliphatic carbocycles. The van der Waals surface area contributed by atoms with Crippen molar-refractivity contribution in [2.75, 3.05) is 0 Å². The van der Waals surface area contributed by atoms with E-state index in [4.69, 9.17) is 0 Å². The zero-order valence-electron chi connectivity index (χ0n) is 15.5. The van der Waals surface area contributed by atoms with Gasteiger partial charge < -0.3 is 0 Å². The molecule has 0 aliphatic heterocycles. The fraction of sp³-hybridized carbons (Fsp3) is 0.0435. The summed E-state index contributed by atoms with van der Waals surface area (Å²) in [5.74, 6) is -0.983. The number of hydrogen-bond donors (Lipinski definition) is 0. The van der Waals surface area contributed by atoms with Crippen LogP contribution in [0.3, 0.4) is 0 Å².